The van der Waals surface area contributed by atoms with Gasteiger partial charge in [-0.2, -0.15) is 4.31 Å². The molecule has 1 heterocycles. The zero-order chi connectivity index (χ0) is 19.4. The van der Waals surface area contributed by atoms with Gasteiger partial charge in [-0.05, 0) is 61.2 Å². The summed E-state index contributed by atoms with van der Waals surface area (Å²) in [6, 6.07) is 12.7. The highest BCUT2D eigenvalue weighted by atomic mass is 35.5. The zero-order valence-corrected chi connectivity index (χ0v) is 16.9. The largest absolute Gasteiger partial charge is 0.354 e. The average Bonchev–Trinajstić information content (AvgIpc) is 3.14. The minimum atomic E-state index is -3.73. The summed E-state index contributed by atoms with van der Waals surface area (Å²) in [7, 11) is -3.73. The smallest absolute Gasteiger partial charge is 0.243 e. The Labute approximate surface area is 169 Å². The van der Waals surface area contributed by atoms with Crippen molar-refractivity contribution in [3.05, 3.63) is 64.1 Å². The van der Waals surface area contributed by atoms with Gasteiger partial charge in [0.2, 0.25) is 15.9 Å². The van der Waals surface area contributed by atoms with E-state index in [9.17, 15) is 13.2 Å². The van der Waals surface area contributed by atoms with Crippen molar-refractivity contribution in [3.63, 3.8) is 0 Å². The highest BCUT2D eigenvalue weighted by Crippen LogP contribution is 2.27. The normalized spacial score (nSPS) is 17.8. The van der Waals surface area contributed by atoms with Crippen LogP contribution in [0.25, 0.3) is 0 Å². The molecule has 1 amide bonds. The highest BCUT2D eigenvalue weighted by Gasteiger charge is 2.39. The maximum absolute atomic E-state index is 12.9. The summed E-state index contributed by atoms with van der Waals surface area (Å²) in [5, 5.41) is 3.98. The number of hydrogen-bond donors (Lipinski definition) is 1. The lowest BCUT2D eigenvalue weighted by molar-refractivity contribution is -0.124. The maximum atomic E-state index is 12.9. The van der Waals surface area contributed by atoms with Crippen LogP contribution in [0.1, 0.15) is 18.4 Å². The van der Waals surface area contributed by atoms with Gasteiger partial charge in [0.05, 0.1) is 4.90 Å². The second-order valence-electron chi connectivity index (χ2n) is 6.40. The number of nitrogens with zero attached hydrogens (tertiary/aromatic N) is 1. The summed E-state index contributed by atoms with van der Waals surface area (Å²) in [5.74, 6) is -0.265. The van der Waals surface area contributed by atoms with Crippen LogP contribution in [-0.2, 0) is 21.2 Å². The molecule has 5 nitrogen and oxygen atoms in total. The van der Waals surface area contributed by atoms with Crippen LogP contribution >= 0.6 is 23.2 Å². The van der Waals surface area contributed by atoms with E-state index in [2.05, 4.69) is 5.32 Å². The lowest BCUT2D eigenvalue weighted by Gasteiger charge is -2.23. The van der Waals surface area contributed by atoms with Crippen molar-refractivity contribution >= 4 is 39.1 Å². The van der Waals surface area contributed by atoms with Crippen LogP contribution in [0.2, 0.25) is 10.0 Å². The van der Waals surface area contributed by atoms with Crippen molar-refractivity contribution < 1.29 is 13.2 Å². The number of carbonyl (C=O) groups excluding carboxylic acids is 1. The molecule has 0 spiro atoms. The van der Waals surface area contributed by atoms with Gasteiger partial charge in [-0.1, -0.05) is 35.3 Å². The quantitative estimate of drug-likeness (QED) is 0.768. The fraction of sp³-hybridized carbons (Fsp3) is 0.316. The fourth-order valence-electron chi connectivity index (χ4n) is 3.13. The third-order valence-corrected chi connectivity index (χ3v) is 6.98. The van der Waals surface area contributed by atoms with Crippen LogP contribution < -0.4 is 5.32 Å². The third-order valence-electron chi connectivity index (χ3n) is 4.55. The molecule has 1 saturated heterocycles. The minimum Gasteiger partial charge on any atom is -0.354 e. The molecule has 144 valence electrons. The van der Waals surface area contributed by atoms with E-state index < -0.39 is 16.1 Å². The molecule has 2 aromatic rings. The molecule has 1 fully saturated rings. The van der Waals surface area contributed by atoms with Crippen LogP contribution in [0.4, 0.5) is 0 Å². The van der Waals surface area contributed by atoms with Crippen LogP contribution in [0, 0.1) is 0 Å². The summed E-state index contributed by atoms with van der Waals surface area (Å²) in [4.78, 5) is 12.7. The van der Waals surface area contributed by atoms with Gasteiger partial charge < -0.3 is 5.32 Å². The molecule has 0 saturated carbocycles. The molecule has 0 unspecified atom stereocenters. The Morgan fingerprint density at radius 3 is 2.26 bits per heavy atom. The molecule has 0 aliphatic carbocycles. The van der Waals surface area contributed by atoms with E-state index in [0.717, 1.165) is 5.56 Å². The molecule has 3 rings (SSSR count). The highest BCUT2D eigenvalue weighted by molar-refractivity contribution is 7.89. The lowest BCUT2D eigenvalue weighted by Crippen LogP contribution is -2.46. The maximum Gasteiger partial charge on any atom is 0.243 e. The molecule has 1 atom stereocenters. The van der Waals surface area contributed by atoms with E-state index in [4.69, 9.17) is 23.2 Å². The van der Waals surface area contributed by atoms with E-state index >= 15 is 0 Å². The number of benzene rings is 2. The van der Waals surface area contributed by atoms with E-state index in [1.165, 1.54) is 28.6 Å². The van der Waals surface area contributed by atoms with Crippen molar-refractivity contribution in [3.8, 4) is 0 Å². The minimum absolute atomic E-state index is 0.146. The second kappa shape index (κ2) is 8.61. The van der Waals surface area contributed by atoms with E-state index in [1.54, 1.807) is 12.1 Å². The number of carbonyl (C=O) groups is 1. The lowest BCUT2D eigenvalue weighted by atomic mass is 10.1. The van der Waals surface area contributed by atoms with Gasteiger partial charge in [-0.3, -0.25) is 4.79 Å². The summed E-state index contributed by atoms with van der Waals surface area (Å²) in [6.07, 6.45) is 1.82. The molecular weight excluding hydrogens is 407 g/mol. The first-order chi connectivity index (χ1) is 12.9. The predicted molar refractivity (Wildman–Crippen MR) is 107 cm³/mol. The van der Waals surface area contributed by atoms with Gasteiger partial charge in [-0.15, -0.1) is 0 Å². The zero-order valence-electron chi connectivity index (χ0n) is 14.6. The number of amides is 1. The second-order valence-corrected chi connectivity index (χ2v) is 9.16. The Morgan fingerprint density at radius 2 is 1.63 bits per heavy atom. The number of halogens is 2. The first-order valence-electron chi connectivity index (χ1n) is 8.67. The average molecular weight is 427 g/mol. The van der Waals surface area contributed by atoms with Crippen molar-refractivity contribution in [1.82, 2.24) is 9.62 Å². The molecule has 1 aliphatic rings. The van der Waals surface area contributed by atoms with Crippen LogP contribution in [0.5, 0.6) is 0 Å². The molecule has 1 aliphatic heterocycles. The van der Waals surface area contributed by atoms with E-state index in [1.807, 2.05) is 12.1 Å². The fourth-order valence-corrected chi connectivity index (χ4v) is 5.04. The Hall–Kier alpha value is -1.60. The Bertz CT molecular complexity index is 900. The third kappa shape index (κ3) is 4.82. The molecular formula is C19H20Cl2N2O3S. The van der Waals surface area contributed by atoms with Gasteiger partial charge in [0.1, 0.15) is 6.04 Å². The van der Waals surface area contributed by atoms with Crippen molar-refractivity contribution in [2.45, 2.75) is 30.2 Å². The van der Waals surface area contributed by atoms with E-state index in [-0.39, 0.29) is 10.8 Å². The summed E-state index contributed by atoms with van der Waals surface area (Å²) >= 11 is 11.7. The topological polar surface area (TPSA) is 66.5 Å². The van der Waals surface area contributed by atoms with Gasteiger partial charge in [0.25, 0.3) is 0 Å². The molecule has 8 heteroatoms. The predicted octanol–water partition coefficient (Wildman–Crippen LogP) is 3.51. The van der Waals surface area contributed by atoms with Gasteiger partial charge in [-0.25, -0.2) is 8.42 Å². The summed E-state index contributed by atoms with van der Waals surface area (Å²) in [5.41, 5.74) is 1.05. The molecule has 1 N–H and O–H groups in total. The monoisotopic (exact) mass is 426 g/mol. The first-order valence-corrected chi connectivity index (χ1v) is 10.9. The van der Waals surface area contributed by atoms with Gasteiger partial charge in [0, 0.05) is 23.1 Å². The van der Waals surface area contributed by atoms with Gasteiger partial charge in [0.15, 0.2) is 0 Å². The molecule has 2 aromatic carbocycles. The van der Waals surface area contributed by atoms with Crippen LogP contribution in [0.15, 0.2) is 53.4 Å². The molecule has 0 bridgehead atoms. The van der Waals surface area contributed by atoms with Crippen LogP contribution in [-0.4, -0.2) is 37.8 Å². The number of hydrogen-bond acceptors (Lipinski definition) is 3. The SMILES string of the molecule is O=C(NCCc1ccc(Cl)cc1)[C@@H]1CCCN1S(=O)(=O)c1ccc(Cl)cc1. The van der Waals surface area contributed by atoms with Crippen molar-refractivity contribution in [1.29, 1.82) is 0 Å². The number of nitrogens with one attached hydrogen (secondary N) is 1. The summed E-state index contributed by atoms with van der Waals surface area (Å²) in [6.45, 7) is 0.770. The Morgan fingerprint density at radius 1 is 1.04 bits per heavy atom. The van der Waals surface area contributed by atoms with Crippen molar-refractivity contribution in [2.24, 2.45) is 0 Å². The van der Waals surface area contributed by atoms with Crippen LogP contribution in [0.3, 0.4) is 0 Å². The van der Waals surface area contributed by atoms with Gasteiger partial charge >= 0.3 is 0 Å². The Kier molecular flexibility index (Phi) is 6.42. The standard InChI is InChI=1S/C19H20Cl2N2O3S/c20-15-5-3-14(4-6-15)11-12-22-19(24)18-2-1-13-23(18)27(25,26)17-9-7-16(21)8-10-17/h3-10,18H,1-2,11-13H2,(H,22,24)/t18-/m0/s1. The Balaban J connectivity index is 1.63. The summed E-state index contributed by atoms with van der Waals surface area (Å²) < 4.78 is 27.0. The molecule has 27 heavy (non-hydrogen) atoms. The number of sulfonamides is 1. The van der Waals surface area contributed by atoms with Crippen molar-refractivity contribution in [2.75, 3.05) is 13.1 Å². The van der Waals surface area contributed by atoms with E-state index in [0.29, 0.717) is 42.4 Å². The molecule has 0 aromatic heterocycles. The first kappa shape index (κ1) is 20.1. The molecule has 0 radical (unpaired) electrons. The number of rotatable bonds is 6.